The van der Waals surface area contributed by atoms with Crippen molar-refractivity contribution >= 4 is 27.3 Å². The predicted octanol–water partition coefficient (Wildman–Crippen LogP) is 3.68. The number of ether oxygens (including phenoxy) is 4. The van der Waals surface area contributed by atoms with E-state index >= 15 is 0 Å². The van der Waals surface area contributed by atoms with Gasteiger partial charge in [0.2, 0.25) is 0 Å². The number of methoxy groups -OCH3 is 4. The van der Waals surface area contributed by atoms with Gasteiger partial charge in [0.1, 0.15) is 0 Å². The van der Waals surface area contributed by atoms with E-state index in [9.17, 15) is 0 Å². The molecule has 0 fully saturated rings. The predicted molar refractivity (Wildman–Crippen MR) is 96.4 cm³/mol. The van der Waals surface area contributed by atoms with Gasteiger partial charge in [0.25, 0.3) is 0 Å². The van der Waals surface area contributed by atoms with E-state index in [0.717, 1.165) is 27.3 Å². The average molecular weight is 338 g/mol. The van der Waals surface area contributed by atoms with Gasteiger partial charge in [0.05, 0.1) is 45.0 Å². The van der Waals surface area contributed by atoms with Gasteiger partial charge in [0, 0.05) is 22.9 Å². The minimum absolute atomic E-state index is 0.655. The lowest BCUT2D eigenvalue weighted by molar-refractivity contribution is 0.355. The summed E-state index contributed by atoms with van der Waals surface area (Å²) < 4.78 is 23.5. The number of nitrogens with zero attached hydrogens (tertiary/aromatic N) is 2. The van der Waals surface area contributed by atoms with Gasteiger partial charge < -0.3 is 18.9 Å². The number of pyridine rings is 1. The molecular weight excluding hydrogens is 320 g/mol. The molecule has 0 saturated carbocycles. The summed E-state index contributed by atoms with van der Waals surface area (Å²) in [7, 11) is 6.50. The van der Waals surface area contributed by atoms with Crippen molar-refractivity contribution < 1.29 is 18.9 Å². The first-order chi connectivity index (χ1) is 12.2. The second-order valence-corrected chi connectivity index (χ2v) is 5.62. The van der Waals surface area contributed by atoms with Crippen molar-refractivity contribution in [3.05, 3.63) is 36.4 Å². The molecule has 0 unspecified atom stereocenters. The van der Waals surface area contributed by atoms with Crippen LogP contribution in [0, 0.1) is 0 Å². The van der Waals surface area contributed by atoms with E-state index in [2.05, 4.69) is 0 Å². The Bertz CT molecular complexity index is 1100. The lowest BCUT2D eigenvalue weighted by Gasteiger charge is -2.10. The SMILES string of the molecule is COc1cc2ccc3c4cc(OC)c(OC)cc4nn3c2cc1OC. The molecule has 4 rings (SSSR count). The Balaban J connectivity index is 2.10. The molecule has 0 aliphatic heterocycles. The van der Waals surface area contributed by atoms with Gasteiger partial charge in [-0.2, -0.15) is 5.10 Å². The van der Waals surface area contributed by atoms with Crippen LogP contribution in [-0.2, 0) is 0 Å². The third-order valence-electron chi connectivity index (χ3n) is 4.40. The zero-order valence-electron chi connectivity index (χ0n) is 14.5. The fourth-order valence-corrected chi connectivity index (χ4v) is 3.15. The van der Waals surface area contributed by atoms with Gasteiger partial charge in [0.15, 0.2) is 23.0 Å². The highest BCUT2D eigenvalue weighted by atomic mass is 16.5. The smallest absolute Gasteiger partial charge is 0.162 e. The third-order valence-corrected chi connectivity index (χ3v) is 4.40. The molecule has 6 heteroatoms. The number of rotatable bonds is 4. The summed E-state index contributed by atoms with van der Waals surface area (Å²) in [6, 6.07) is 11.8. The molecule has 25 heavy (non-hydrogen) atoms. The first-order valence-corrected chi connectivity index (χ1v) is 7.79. The van der Waals surface area contributed by atoms with Gasteiger partial charge in [-0.25, -0.2) is 4.52 Å². The summed E-state index contributed by atoms with van der Waals surface area (Å²) >= 11 is 0. The van der Waals surface area contributed by atoms with Crippen molar-refractivity contribution in [2.75, 3.05) is 28.4 Å². The van der Waals surface area contributed by atoms with Crippen LogP contribution in [0.3, 0.4) is 0 Å². The highest BCUT2D eigenvalue weighted by molar-refractivity contribution is 6.00. The van der Waals surface area contributed by atoms with E-state index < -0.39 is 0 Å². The molecule has 6 nitrogen and oxygen atoms in total. The standard InChI is InChI=1S/C19H18N2O4/c1-22-16-7-11-5-6-14-12-8-17(23-2)18(24-3)9-13(12)20-21(14)15(11)10-19(16)25-4/h5-10H,1-4H3. The van der Waals surface area contributed by atoms with E-state index in [1.54, 1.807) is 28.4 Å². The average Bonchev–Trinajstić information content (AvgIpc) is 3.03. The lowest BCUT2D eigenvalue weighted by Crippen LogP contribution is -1.94. The number of aromatic nitrogens is 2. The Kier molecular flexibility index (Phi) is 3.53. The lowest BCUT2D eigenvalue weighted by atomic mass is 10.1. The second-order valence-electron chi connectivity index (χ2n) is 5.62. The summed E-state index contributed by atoms with van der Waals surface area (Å²) in [6.07, 6.45) is 0. The van der Waals surface area contributed by atoms with Gasteiger partial charge in [-0.3, -0.25) is 0 Å². The van der Waals surface area contributed by atoms with Gasteiger partial charge >= 0.3 is 0 Å². The Morgan fingerprint density at radius 3 is 1.96 bits per heavy atom. The van der Waals surface area contributed by atoms with Crippen LogP contribution in [0.15, 0.2) is 36.4 Å². The van der Waals surface area contributed by atoms with E-state index in [0.29, 0.717) is 23.0 Å². The fraction of sp³-hybridized carbons (Fsp3) is 0.211. The second kappa shape index (κ2) is 5.73. The molecule has 128 valence electrons. The maximum absolute atomic E-state index is 5.43. The minimum atomic E-state index is 0.655. The van der Waals surface area contributed by atoms with Crippen LogP contribution in [0.5, 0.6) is 23.0 Å². The van der Waals surface area contributed by atoms with Crippen LogP contribution < -0.4 is 18.9 Å². The summed E-state index contributed by atoms with van der Waals surface area (Å²) in [5.74, 6) is 2.69. The topological polar surface area (TPSA) is 54.2 Å². The third kappa shape index (κ3) is 2.21. The first-order valence-electron chi connectivity index (χ1n) is 7.79. The molecule has 0 saturated heterocycles. The molecule has 0 amide bonds. The van der Waals surface area contributed by atoms with Crippen molar-refractivity contribution in [1.29, 1.82) is 0 Å². The molecule has 4 aromatic rings. The summed E-state index contributed by atoms with van der Waals surface area (Å²) in [4.78, 5) is 0. The van der Waals surface area contributed by atoms with Crippen molar-refractivity contribution in [2.45, 2.75) is 0 Å². The molecule has 0 atom stereocenters. The molecule has 2 aromatic heterocycles. The molecular formula is C19H18N2O4. The maximum atomic E-state index is 5.43. The molecule has 0 N–H and O–H groups in total. The molecule has 0 aliphatic carbocycles. The van der Waals surface area contributed by atoms with Gasteiger partial charge in [-0.1, -0.05) is 6.07 Å². The highest BCUT2D eigenvalue weighted by Crippen LogP contribution is 2.36. The van der Waals surface area contributed by atoms with Crippen molar-refractivity contribution in [2.24, 2.45) is 0 Å². The zero-order valence-corrected chi connectivity index (χ0v) is 14.5. The van der Waals surface area contributed by atoms with Gasteiger partial charge in [-0.15, -0.1) is 0 Å². The summed E-state index contributed by atoms with van der Waals surface area (Å²) in [5.41, 5.74) is 2.75. The summed E-state index contributed by atoms with van der Waals surface area (Å²) in [6.45, 7) is 0. The van der Waals surface area contributed by atoms with Crippen LogP contribution in [0.25, 0.3) is 27.3 Å². The van der Waals surface area contributed by atoms with Crippen LogP contribution in [0.1, 0.15) is 0 Å². The molecule has 0 spiro atoms. The minimum Gasteiger partial charge on any atom is -0.493 e. The molecule has 0 bridgehead atoms. The Morgan fingerprint density at radius 2 is 1.28 bits per heavy atom. The van der Waals surface area contributed by atoms with Crippen molar-refractivity contribution in [3.63, 3.8) is 0 Å². The number of hydrogen-bond donors (Lipinski definition) is 0. The molecule has 2 aromatic carbocycles. The first kappa shape index (κ1) is 15.4. The molecule has 0 aliphatic rings. The van der Waals surface area contributed by atoms with E-state index in [-0.39, 0.29) is 0 Å². The van der Waals surface area contributed by atoms with Crippen LogP contribution in [-0.4, -0.2) is 38.1 Å². The highest BCUT2D eigenvalue weighted by Gasteiger charge is 2.14. The maximum Gasteiger partial charge on any atom is 0.162 e. The van der Waals surface area contributed by atoms with Crippen LogP contribution >= 0.6 is 0 Å². The van der Waals surface area contributed by atoms with Crippen molar-refractivity contribution in [3.8, 4) is 23.0 Å². The van der Waals surface area contributed by atoms with E-state index in [1.807, 2.05) is 40.9 Å². The molecule has 2 heterocycles. The quantitative estimate of drug-likeness (QED) is 0.568. The van der Waals surface area contributed by atoms with Crippen LogP contribution in [0.4, 0.5) is 0 Å². The van der Waals surface area contributed by atoms with Crippen LogP contribution in [0.2, 0.25) is 0 Å². The summed E-state index contributed by atoms with van der Waals surface area (Å²) in [5, 5.41) is 6.75. The number of fused-ring (bicyclic) bond motifs is 5. The van der Waals surface area contributed by atoms with Crippen molar-refractivity contribution in [1.82, 2.24) is 9.61 Å². The van der Waals surface area contributed by atoms with E-state index in [4.69, 9.17) is 24.0 Å². The normalized spacial score (nSPS) is 11.2. The Hall–Kier alpha value is -3.15. The molecule has 0 radical (unpaired) electrons. The fourth-order valence-electron chi connectivity index (χ4n) is 3.15. The number of hydrogen-bond acceptors (Lipinski definition) is 5. The van der Waals surface area contributed by atoms with Gasteiger partial charge in [-0.05, 0) is 18.2 Å². The zero-order chi connectivity index (χ0) is 17.6. The Morgan fingerprint density at radius 1 is 0.680 bits per heavy atom. The largest absolute Gasteiger partial charge is 0.493 e. The monoisotopic (exact) mass is 338 g/mol. The van der Waals surface area contributed by atoms with E-state index in [1.165, 1.54) is 0 Å². The number of benzene rings is 2. The Labute approximate surface area is 144 Å².